The summed E-state index contributed by atoms with van der Waals surface area (Å²) in [6.45, 7) is 2.57. The van der Waals surface area contributed by atoms with Gasteiger partial charge in [-0.15, -0.1) is 11.6 Å². The van der Waals surface area contributed by atoms with Gasteiger partial charge in [-0.2, -0.15) is 0 Å². The molecule has 0 radical (unpaired) electrons. The number of hydrogen-bond donors (Lipinski definition) is 1. The molecule has 0 saturated heterocycles. The third kappa shape index (κ3) is 2.81. The molecule has 3 rings (SSSR count). The number of anilines is 2. The molecular weight excluding hydrogens is 288 g/mol. The average Bonchev–Trinajstić information content (AvgIpc) is 2.98. The minimum absolute atomic E-state index is 0.397. The minimum atomic E-state index is 0.397. The van der Waals surface area contributed by atoms with Crippen molar-refractivity contribution in [3.63, 3.8) is 0 Å². The van der Waals surface area contributed by atoms with Crippen molar-refractivity contribution >= 4 is 34.1 Å². The Bertz CT molecular complexity index is 755. The molecule has 1 N–H and O–H groups in total. The Morgan fingerprint density at radius 3 is 3.00 bits per heavy atom. The first-order valence-corrected chi connectivity index (χ1v) is 7.26. The van der Waals surface area contributed by atoms with Crippen LogP contribution in [0.1, 0.15) is 12.5 Å². The van der Waals surface area contributed by atoms with Crippen LogP contribution in [0.3, 0.4) is 0 Å². The molecule has 1 aromatic carbocycles. The zero-order valence-electron chi connectivity index (χ0n) is 11.6. The van der Waals surface area contributed by atoms with Crippen LogP contribution in [-0.4, -0.2) is 11.6 Å². The molecule has 4 nitrogen and oxygen atoms in total. The number of fused-ring (bicyclic) bond motifs is 1. The highest BCUT2D eigenvalue weighted by molar-refractivity contribution is 6.17. The lowest BCUT2D eigenvalue weighted by atomic mass is 10.2. The molecule has 108 valence electrons. The average molecular weight is 303 g/mol. The molecule has 0 aliphatic heterocycles. The quantitative estimate of drug-likeness (QED) is 0.693. The summed E-state index contributed by atoms with van der Waals surface area (Å²) in [5, 5.41) is 4.24. The number of nitrogens with zero attached hydrogens (tertiary/aromatic N) is 1. The Balaban J connectivity index is 1.92. The maximum absolute atomic E-state index is 5.98. The van der Waals surface area contributed by atoms with Gasteiger partial charge in [0.1, 0.15) is 17.2 Å². The molecule has 3 aromatic rings. The molecule has 0 amide bonds. The number of halogens is 1. The van der Waals surface area contributed by atoms with Crippen molar-refractivity contribution in [1.82, 2.24) is 4.98 Å². The van der Waals surface area contributed by atoms with Crippen molar-refractivity contribution in [2.24, 2.45) is 0 Å². The molecule has 0 fully saturated rings. The van der Waals surface area contributed by atoms with Gasteiger partial charge in [0.15, 0.2) is 0 Å². The van der Waals surface area contributed by atoms with Crippen LogP contribution in [0.2, 0.25) is 0 Å². The summed E-state index contributed by atoms with van der Waals surface area (Å²) in [5.41, 5.74) is 2.66. The SMILES string of the molecule is CCOc1ccc(Nc2nccc3occc23)cc1CCl. The summed E-state index contributed by atoms with van der Waals surface area (Å²) in [7, 11) is 0. The molecule has 5 heteroatoms. The van der Waals surface area contributed by atoms with Crippen LogP contribution in [0, 0.1) is 0 Å². The number of nitrogens with one attached hydrogen (secondary N) is 1. The van der Waals surface area contributed by atoms with Gasteiger partial charge in [0.2, 0.25) is 0 Å². The van der Waals surface area contributed by atoms with E-state index in [0.717, 1.165) is 33.8 Å². The second-order valence-electron chi connectivity index (χ2n) is 4.51. The Hall–Kier alpha value is -2.20. The predicted octanol–water partition coefficient (Wildman–Crippen LogP) is 4.71. The van der Waals surface area contributed by atoms with Gasteiger partial charge in [-0.05, 0) is 37.3 Å². The van der Waals surface area contributed by atoms with Crippen LogP contribution in [0.4, 0.5) is 11.5 Å². The van der Waals surface area contributed by atoms with Gasteiger partial charge in [-0.25, -0.2) is 4.98 Å². The van der Waals surface area contributed by atoms with E-state index >= 15 is 0 Å². The van der Waals surface area contributed by atoms with Gasteiger partial charge in [0.05, 0.1) is 24.1 Å². The molecular formula is C16H15ClN2O2. The van der Waals surface area contributed by atoms with E-state index in [4.69, 9.17) is 20.8 Å². The third-order valence-corrected chi connectivity index (χ3v) is 3.43. The molecule has 0 unspecified atom stereocenters. The van der Waals surface area contributed by atoms with Crippen molar-refractivity contribution < 1.29 is 9.15 Å². The molecule has 0 saturated carbocycles. The first-order chi connectivity index (χ1) is 10.3. The normalized spacial score (nSPS) is 10.8. The van der Waals surface area contributed by atoms with Gasteiger partial charge < -0.3 is 14.5 Å². The largest absolute Gasteiger partial charge is 0.494 e. The van der Waals surface area contributed by atoms with Gasteiger partial charge in [-0.1, -0.05) is 0 Å². The van der Waals surface area contributed by atoms with Gasteiger partial charge in [-0.3, -0.25) is 0 Å². The number of furan rings is 1. The number of aromatic nitrogens is 1. The summed E-state index contributed by atoms with van der Waals surface area (Å²) < 4.78 is 10.9. The van der Waals surface area contributed by atoms with Crippen molar-refractivity contribution in [2.75, 3.05) is 11.9 Å². The van der Waals surface area contributed by atoms with E-state index in [9.17, 15) is 0 Å². The van der Waals surface area contributed by atoms with Gasteiger partial charge >= 0.3 is 0 Å². The fourth-order valence-corrected chi connectivity index (χ4v) is 2.40. The van der Waals surface area contributed by atoms with Crippen LogP contribution in [0.25, 0.3) is 11.0 Å². The Morgan fingerprint density at radius 2 is 2.19 bits per heavy atom. The molecule has 0 bridgehead atoms. The third-order valence-electron chi connectivity index (χ3n) is 3.15. The topological polar surface area (TPSA) is 47.3 Å². The van der Waals surface area contributed by atoms with E-state index in [1.807, 2.05) is 37.3 Å². The van der Waals surface area contributed by atoms with Crippen molar-refractivity contribution in [2.45, 2.75) is 12.8 Å². The number of ether oxygens (including phenoxy) is 1. The Labute approximate surface area is 127 Å². The van der Waals surface area contributed by atoms with E-state index in [1.54, 1.807) is 12.5 Å². The van der Waals surface area contributed by atoms with Crippen LogP contribution < -0.4 is 10.1 Å². The number of hydrogen-bond acceptors (Lipinski definition) is 4. The molecule has 0 spiro atoms. The van der Waals surface area contributed by atoms with Gasteiger partial charge in [0.25, 0.3) is 0 Å². The van der Waals surface area contributed by atoms with E-state index in [0.29, 0.717) is 12.5 Å². The highest BCUT2D eigenvalue weighted by atomic mass is 35.5. The van der Waals surface area contributed by atoms with Crippen LogP contribution >= 0.6 is 11.6 Å². The first-order valence-electron chi connectivity index (χ1n) is 6.72. The van der Waals surface area contributed by atoms with Gasteiger partial charge in [0, 0.05) is 17.4 Å². The molecule has 0 aliphatic rings. The first kappa shape index (κ1) is 13.8. The number of pyridine rings is 1. The zero-order chi connectivity index (χ0) is 14.7. The van der Waals surface area contributed by atoms with E-state index < -0.39 is 0 Å². The fourth-order valence-electron chi connectivity index (χ4n) is 2.19. The molecule has 0 atom stereocenters. The maximum Gasteiger partial charge on any atom is 0.141 e. The summed E-state index contributed by atoms with van der Waals surface area (Å²) in [6, 6.07) is 9.56. The summed E-state index contributed by atoms with van der Waals surface area (Å²) in [4.78, 5) is 4.35. The highest BCUT2D eigenvalue weighted by Gasteiger charge is 2.08. The second kappa shape index (κ2) is 6.06. The second-order valence-corrected chi connectivity index (χ2v) is 4.77. The lowest BCUT2D eigenvalue weighted by Gasteiger charge is -2.11. The summed E-state index contributed by atoms with van der Waals surface area (Å²) >= 11 is 5.98. The van der Waals surface area contributed by atoms with E-state index in [2.05, 4.69) is 10.3 Å². The lowest BCUT2D eigenvalue weighted by Crippen LogP contribution is -1.98. The molecule has 2 aromatic heterocycles. The number of rotatable bonds is 5. The van der Waals surface area contributed by atoms with Crippen molar-refractivity contribution in [3.8, 4) is 5.75 Å². The standard InChI is InChI=1S/C16H15ClN2O2/c1-2-20-14-4-3-12(9-11(14)10-17)19-16-13-6-8-21-15(13)5-7-18-16/h3-9H,2,10H2,1H3,(H,18,19). The predicted molar refractivity (Wildman–Crippen MR) is 84.5 cm³/mol. The van der Waals surface area contributed by atoms with Crippen molar-refractivity contribution in [3.05, 3.63) is 48.4 Å². The number of benzene rings is 1. The van der Waals surface area contributed by atoms with Crippen LogP contribution in [-0.2, 0) is 5.88 Å². The van der Waals surface area contributed by atoms with E-state index in [-0.39, 0.29) is 0 Å². The molecule has 0 aliphatic carbocycles. The Morgan fingerprint density at radius 1 is 1.29 bits per heavy atom. The fraction of sp³-hybridized carbons (Fsp3) is 0.188. The van der Waals surface area contributed by atoms with Crippen molar-refractivity contribution in [1.29, 1.82) is 0 Å². The number of alkyl halides is 1. The van der Waals surface area contributed by atoms with Crippen LogP contribution in [0.5, 0.6) is 5.75 Å². The van der Waals surface area contributed by atoms with Crippen LogP contribution in [0.15, 0.2) is 47.2 Å². The smallest absolute Gasteiger partial charge is 0.141 e. The maximum atomic E-state index is 5.98. The highest BCUT2D eigenvalue weighted by Crippen LogP contribution is 2.29. The minimum Gasteiger partial charge on any atom is -0.494 e. The van der Waals surface area contributed by atoms with E-state index in [1.165, 1.54) is 0 Å². The summed E-state index contributed by atoms with van der Waals surface area (Å²) in [5.74, 6) is 1.97. The Kier molecular flexibility index (Phi) is 3.97. The zero-order valence-corrected chi connectivity index (χ0v) is 12.4. The molecule has 2 heterocycles. The monoisotopic (exact) mass is 302 g/mol. The summed E-state index contributed by atoms with van der Waals surface area (Å²) in [6.07, 6.45) is 3.37. The molecule has 21 heavy (non-hydrogen) atoms. The lowest BCUT2D eigenvalue weighted by molar-refractivity contribution is 0.337.